The van der Waals surface area contributed by atoms with Crippen molar-refractivity contribution in [1.29, 1.82) is 0 Å². The Labute approximate surface area is 174 Å². The summed E-state index contributed by atoms with van der Waals surface area (Å²) >= 11 is 0. The zero-order chi connectivity index (χ0) is 20.9. The minimum absolute atomic E-state index is 0.109. The van der Waals surface area contributed by atoms with Crippen LogP contribution >= 0.6 is 0 Å². The molecule has 0 bridgehead atoms. The summed E-state index contributed by atoms with van der Waals surface area (Å²) < 4.78 is 12.5. The second kappa shape index (κ2) is 8.65. The number of anilines is 1. The van der Waals surface area contributed by atoms with E-state index in [1.54, 1.807) is 38.6 Å². The molecule has 0 spiro atoms. The number of ether oxygens (including phenoxy) is 2. The zero-order valence-electron chi connectivity index (χ0n) is 16.8. The van der Waals surface area contributed by atoms with Crippen LogP contribution in [0.15, 0.2) is 66.9 Å². The van der Waals surface area contributed by atoms with Gasteiger partial charge in [0.2, 0.25) is 5.91 Å². The number of pyridine rings is 1. The number of aromatic nitrogens is 3. The van der Waals surface area contributed by atoms with Gasteiger partial charge in [-0.3, -0.25) is 9.36 Å². The van der Waals surface area contributed by atoms with E-state index in [4.69, 9.17) is 14.5 Å². The first-order valence-corrected chi connectivity index (χ1v) is 9.59. The molecule has 0 saturated heterocycles. The number of para-hydroxylation sites is 1. The zero-order valence-corrected chi connectivity index (χ0v) is 16.8. The summed E-state index contributed by atoms with van der Waals surface area (Å²) in [6.07, 6.45) is 2.51. The van der Waals surface area contributed by atoms with Crippen LogP contribution in [-0.2, 0) is 11.2 Å². The van der Waals surface area contributed by atoms with Crippen molar-refractivity contribution < 1.29 is 14.3 Å². The molecule has 4 aromatic rings. The molecule has 2 aromatic heterocycles. The Kier molecular flexibility index (Phi) is 5.61. The number of fused-ring (bicyclic) bond motifs is 1. The van der Waals surface area contributed by atoms with Crippen LogP contribution in [-0.4, -0.2) is 34.7 Å². The Morgan fingerprint density at radius 1 is 1.00 bits per heavy atom. The molecule has 7 heteroatoms. The van der Waals surface area contributed by atoms with Gasteiger partial charge in [-0.25, -0.2) is 9.97 Å². The third-order valence-electron chi connectivity index (χ3n) is 4.74. The minimum Gasteiger partial charge on any atom is -0.493 e. The van der Waals surface area contributed by atoms with Gasteiger partial charge in [-0.05, 0) is 36.4 Å². The quantitative estimate of drug-likeness (QED) is 0.505. The maximum Gasteiger partial charge on any atom is 0.224 e. The molecule has 2 aromatic carbocycles. The predicted octanol–water partition coefficient (Wildman–Crippen LogP) is 4.01. The third-order valence-corrected chi connectivity index (χ3v) is 4.74. The normalized spacial score (nSPS) is 10.7. The number of amides is 1. The monoisotopic (exact) mass is 402 g/mol. The van der Waals surface area contributed by atoms with Gasteiger partial charge in [-0.15, -0.1) is 0 Å². The van der Waals surface area contributed by atoms with Gasteiger partial charge in [0.15, 0.2) is 17.1 Å². The summed E-state index contributed by atoms with van der Waals surface area (Å²) in [6, 6.07) is 19.0. The highest BCUT2D eigenvalue weighted by Crippen LogP contribution is 2.30. The smallest absolute Gasteiger partial charge is 0.224 e. The molecule has 0 aliphatic carbocycles. The minimum atomic E-state index is -0.109. The maximum absolute atomic E-state index is 12.6. The molecule has 1 amide bonds. The Bertz CT molecular complexity index is 1170. The van der Waals surface area contributed by atoms with E-state index in [0.29, 0.717) is 23.6 Å². The van der Waals surface area contributed by atoms with Crippen LogP contribution in [0.4, 0.5) is 5.69 Å². The first-order valence-electron chi connectivity index (χ1n) is 9.59. The molecule has 0 saturated carbocycles. The summed E-state index contributed by atoms with van der Waals surface area (Å²) in [5, 5.41) is 2.90. The van der Waals surface area contributed by atoms with Gasteiger partial charge in [-0.1, -0.05) is 18.2 Å². The van der Waals surface area contributed by atoms with Crippen LogP contribution in [0.3, 0.4) is 0 Å². The lowest BCUT2D eigenvalue weighted by atomic mass is 10.2. The Hall–Kier alpha value is -3.87. The summed E-state index contributed by atoms with van der Waals surface area (Å²) in [7, 11) is 3.13. The second-order valence-electron chi connectivity index (χ2n) is 6.66. The van der Waals surface area contributed by atoms with Gasteiger partial charge in [0.1, 0.15) is 11.3 Å². The van der Waals surface area contributed by atoms with E-state index >= 15 is 0 Å². The lowest BCUT2D eigenvalue weighted by molar-refractivity contribution is -0.116. The fraction of sp³-hybridized carbons (Fsp3) is 0.174. The Balaban J connectivity index is 1.53. The van der Waals surface area contributed by atoms with E-state index in [2.05, 4.69) is 10.3 Å². The van der Waals surface area contributed by atoms with Crippen molar-refractivity contribution in [2.24, 2.45) is 0 Å². The van der Waals surface area contributed by atoms with Crippen LogP contribution in [0.25, 0.3) is 16.9 Å². The highest BCUT2D eigenvalue weighted by Gasteiger charge is 2.15. The molecule has 2 heterocycles. The molecule has 0 unspecified atom stereocenters. The SMILES string of the molecule is COc1ccc(NC(=O)CCc2nc3cccnc3n2-c2ccccc2)cc1OC. The van der Waals surface area contributed by atoms with Crippen molar-refractivity contribution in [2.75, 3.05) is 19.5 Å². The average Bonchev–Trinajstić information content (AvgIpc) is 3.16. The predicted molar refractivity (Wildman–Crippen MR) is 115 cm³/mol. The van der Waals surface area contributed by atoms with Crippen molar-refractivity contribution in [2.45, 2.75) is 12.8 Å². The van der Waals surface area contributed by atoms with Crippen molar-refractivity contribution in [3.05, 3.63) is 72.7 Å². The van der Waals surface area contributed by atoms with Crippen LogP contribution in [0.5, 0.6) is 11.5 Å². The second-order valence-corrected chi connectivity index (χ2v) is 6.66. The average molecular weight is 402 g/mol. The van der Waals surface area contributed by atoms with Crippen LogP contribution < -0.4 is 14.8 Å². The number of carbonyl (C=O) groups excluding carboxylic acids is 1. The Morgan fingerprint density at radius 3 is 2.57 bits per heavy atom. The van der Waals surface area contributed by atoms with Crippen LogP contribution in [0.2, 0.25) is 0 Å². The number of methoxy groups -OCH3 is 2. The molecule has 0 aliphatic rings. The summed E-state index contributed by atoms with van der Waals surface area (Å²) in [5.74, 6) is 1.85. The van der Waals surface area contributed by atoms with Crippen LogP contribution in [0, 0.1) is 0 Å². The number of carbonyl (C=O) groups is 1. The van der Waals surface area contributed by atoms with Crippen molar-refractivity contribution in [1.82, 2.24) is 14.5 Å². The topological polar surface area (TPSA) is 78.3 Å². The van der Waals surface area contributed by atoms with Gasteiger partial charge >= 0.3 is 0 Å². The number of hydrogen-bond donors (Lipinski definition) is 1. The van der Waals surface area contributed by atoms with E-state index in [9.17, 15) is 4.79 Å². The van der Waals surface area contributed by atoms with E-state index in [0.717, 1.165) is 22.7 Å². The molecule has 4 rings (SSSR count). The molecule has 7 nitrogen and oxygen atoms in total. The van der Waals surface area contributed by atoms with Gasteiger partial charge in [0.05, 0.1) is 14.2 Å². The largest absolute Gasteiger partial charge is 0.493 e. The van der Waals surface area contributed by atoms with Crippen LogP contribution in [0.1, 0.15) is 12.2 Å². The van der Waals surface area contributed by atoms with Crippen molar-refractivity contribution in [3.63, 3.8) is 0 Å². The molecule has 152 valence electrons. The van der Waals surface area contributed by atoms with Gasteiger partial charge in [-0.2, -0.15) is 0 Å². The first kappa shape index (κ1) is 19.4. The number of imidazole rings is 1. The maximum atomic E-state index is 12.6. The molecular formula is C23H22N4O3. The fourth-order valence-electron chi connectivity index (χ4n) is 3.34. The van der Waals surface area contributed by atoms with Crippen molar-refractivity contribution >= 4 is 22.8 Å². The number of nitrogens with zero attached hydrogens (tertiary/aromatic N) is 3. The molecule has 0 radical (unpaired) electrons. The van der Waals surface area contributed by atoms with E-state index in [-0.39, 0.29) is 12.3 Å². The fourth-order valence-corrected chi connectivity index (χ4v) is 3.34. The number of benzene rings is 2. The lowest BCUT2D eigenvalue weighted by Gasteiger charge is -2.11. The lowest BCUT2D eigenvalue weighted by Crippen LogP contribution is -2.14. The van der Waals surface area contributed by atoms with Gasteiger partial charge in [0, 0.05) is 36.5 Å². The van der Waals surface area contributed by atoms with E-state index < -0.39 is 0 Å². The molecule has 1 N–H and O–H groups in total. The molecule has 0 aliphatic heterocycles. The number of aryl methyl sites for hydroxylation is 1. The summed E-state index contributed by atoms with van der Waals surface area (Å²) in [5.41, 5.74) is 3.19. The molecule has 0 fully saturated rings. The molecule has 0 atom stereocenters. The highest BCUT2D eigenvalue weighted by molar-refractivity contribution is 5.91. The van der Waals surface area contributed by atoms with E-state index in [1.807, 2.05) is 47.0 Å². The van der Waals surface area contributed by atoms with Gasteiger partial charge < -0.3 is 14.8 Å². The van der Waals surface area contributed by atoms with Crippen molar-refractivity contribution in [3.8, 4) is 17.2 Å². The third kappa shape index (κ3) is 3.96. The highest BCUT2D eigenvalue weighted by atomic mass is 16.5. The summed E-state index contributed by atoms with van der Waals surface area (Å²) in [4.78, 5) is 21.8. The number of hydrogen-bond acceptors (Lipinski definition) is 5. The molecule has 30 heavy (non-hydrogen) atoms. The number of rotatable bonds is 7. The molecular weight excluding hydrogens is 380 g/mol. The van der Waals surface area contributed by atoms with Gasteiger partial charge in [0.25, 0.3) is 0 Å². The first-order chi connectivity index (χ1) is 14.7. The van der Waals surface area contributed by atoms with E-state index in [1.165, 1.54) is 0 Å². The number of nitrogens with one attached hydrogen (secondary N) is 1. The standard InChI is InChI=1S/C23H22N4O3/c1-29-19-11-10-16(15-20(19)30-2)25-22(28)13-12-21-26-18-9-6-14-24-23(18)27(21)17-7-4-3-5-8-17/h3-11,14-15H,12-13H2,1-2H3,(H,25,28). The summed E-state index contributed by atoms with van der Waals surface area (Å²) in [6.45, 7) is 0. The Morgan fingerprint density at radius 2 is 1.80 bits per heavy atom.